The summed E-state index contributed by atoms with van der Waals surface area (Å²) < 4.78 is 27.4. The number of nitrogens with zero attached hydrogens (tertiary/aromatic N) is 2. The number of anilines is 1. The molecule has 0 unspecified atom stereocenters. The van der Waals surface area contributed by atoms with Gasteiger partial charge in [0.1, 0.15) is 4.90 Å². The summed E-state index contributed by atoms with van der Waals surface area (Å²) in [6, 6.07) is 5.72. The van der Waals surface area contributed by atoms with Gasteiger partial charge in [-0.2, -0.15) is 0 Å². The molecule has 0 atom stereocenters. The third-order valence-electron chi connectivity index (χ3n) is 3.55. The first-order valence-corrected chi connectivity index (χ1v) is 8.53. The molecule has 1 aromatic heterocycles. The van der Waals surface area contributed by atoms with E-state index in [4.69, 9.17) is 11.6 Å². The smallest absolute Gasteiger partial charge is 0.264 e. The number of benzene rings is 1. The van der Waals surface area contributed by atoms with Crippen LogP contribution in [0.25, 0.3) is 0 Å². The zero-order valence-electron chi connectivity index (χ0n) is 11.2. The van der Waals surface area contributed by atoms with Crippen molar-refractivity contribution in [2.45, 2.75) is 30.6 Å². The van der Waals surface area contributed by atoms with E-state index in [2.05, 4.69) is 20.8 Å². The molecule has 0 aliphatic heterocycles. The normalized spacial score (nSPS) is 14.5. The molecule has 21 heavy (non-hydrogen) atoms. The molecule has 110 valence electrons. The Morgan fingerprint density at radius 3 is 2.57 bits per heavy atom. The van der Waals surface area contributed by atoms with E-state index in [9.17, 15) is 8.42 Å². The summed E-state index contributed by atoms with van der Waals surface area (Å²) in [4.78, 5) is 7.42. The third-order valence-corrected chi connectivity index (χ3v) is 5.06. The van der Waals surface area contributed by atoms with E-state index in [0.29, 0.717) is 5.69 Å². The lowest BCUT2D eigenvalue weighted by Gasteiger charge is -2.20. The highest BCUT2D eigenvalue weighted by molar-refractivity contribution is 7.92. The molecule has 0 amide bonds. The first kappa shape index (κ1) is 14.3. The highest BCUT2D eigenvalue weighted by Crippen LogP contribution is 2.29. The number of halogens is 1. The average Bonchev–Trinajstić information content (AvgIpc) is 2.48. The summed E-state index contributed by atoms with van der Waals surface area (Å²) >= 11 is 5.58. The van der Waals surface area contributed by atoms with Crippen LogP contribution in [0.5, 0.6) is 0 Å². The second kappa shape index (κ2) is 5.61. The molecule has 1 heterocycles. The van der Waals surface area contributed by atoms with Gasteiger partial charge in [0.15, 0.2) is 0 Å². The molecule has 7 heteroatoms. The molecule has 2 aromatic rings. The zero-order valence-corrected chi connectivity index (χ0v) is 12.8. The maximum Gasteiger partial charge on any atom is 0.264 e. The largest absolute Gasteiger partial charge is 0.279 e. The fourth-order valence-corrected chi connectivity index (χ4v) is 3.60. The lowest BCUT2D eigenvalue weighted by Crippen LogP contribution is -2.16. The Morgan fingerprint density at radius 1 is 1.10 bits per heavy atom. The zero-order chi connectivity index (χ0) is 14.9. The fraction of sp³-hybridized carbons (Fsp3) is 0.286. The molecule has 0 fully saturated rings. The molecule has 0 saturated carbocycles. The number of rotatable bonds is 3. The van der Waals surface area contributed by atoms with Crippen molar-refractivity contribution >= 4 is 27.3 Å². The van der Waals surface area contributed by atoms with Crippen molar-refractivity contribution in [3.63, 3.8) is 0 Å². The van der Waals surface area contributed by atoms with Gasteiger partial charge in [0.25, 0.3) is 10.0 Å². The van der Waals surface area contributed by atoms with Crippen molar-refractivity contribution in [2.24, 2.45) is 0 Å². The molecular weight excluding hydrogens is 310 g/mol. The van der Waals surface area contributed by atoms with Crippen molar-refractivity contribution in [3.05, 3.63) is 47.0 Å². The maximum absolute atomic E-state index is 12.4. The summed E-state index contributed by atoms with van der Waals surface area (Å²) in [7, 11) is -3.70. The van der Waals surface area contributed by atoms with Gasteiger partial charge in [0.05, 0.1) is 18.1 Å². The quantitative estimate of drug-likeness (QED) is 0.882. The van der Waals surface area contributed by atoms with Crippen LogP contribution in [0, 0.1) is 0 Å². The van der Waals surface area contributed by atoms with Gasteiger partial charge in [-0.25, -0.2) is 18.4 Å². The van der Waals surface area contributed by atoms with Crippen molar-refractivity contribution in [3.8, 4) is 0 Å². The molecule has 1 aromatic carbocycles. The minimum atomic E-state index is -3.70. The summed E-state index contributed by atoms with van der Waals surface area (Å²) in [5, 5.41) is 0.0195. The molecule has 0 saturated heterocycles. The predicted molar refractivity (Wildman–Crippen MR) is 80.9 cm³/mol. The van der Waals surface area contributed by atoms with E-state index in [1.165, 1.54) is 18.0 Å². The highest BCUT2D eigenvalue weighted by atomic mass is 35.5. The number of aryl methyl sites for hydroxylation is 1. The Balaban J connectivity index is 1.94. The molecule has 1 aliphatic rings. The van der Waals surface area contributed by atoms with E-state index < -0.39 is 10.0 Å². The average molecular weight is 324 g/mol. The molecular formula is C14H14ClN3O2S. The number of nitrogens with one attached hydrogen (secondary N) is 1. The molecule has 0 radical (unpaired) electrons. The number of aromatic nitrogens is 2. The first-order chi connectivity index (χ1) is 10.1. The van der Waals surface area contributed by atoms with Crippen LogP contribution in [0.4, 0.5) is 5.69 Å². The van der Waals surface area contributed by atoms with E-state index in [0.717, 1.165) is 31.2 Å². The van der Waals surface area contributed by atoms with E-state index in [1.807, 2.05) is 6.07 Å². The minimum absolute atomic E-state index is 0.000289. The van der Waals surface area contributed by atoms with Crippen LogP contribution >= 0.6 is 11.6 Å². The molecule has 5 nitrogen and oxygen atoms in total. The van der Waals surface area contributed by atoms with Gasteiger partial charge in [-0.1, -0.05) is 12.1 Å². The van der Waals surface area contributed by atoms with Crippen LogP contribution in [0.1, 0.15) is 24.0 Å². The number of hydrogen-bond donors (Lipinski definition) is 1. The van der Waals surface area contributed by atoms with Crippen molar-refractivity contribution in [1.29, 1.82) is 0 Å². The summed E-state index contributed by atoms with van der Waals surface area (Å²) in [6.45, 7) is 0. The van der Waals surface area contributed by atoms with Crippen LogP contribution in [-0.2, 0) is 22.9 Å². The number of hydrogen-bond acceptors (Lipinski definition) is 4. The first-order valence-electron chi connectivity index (χ1n) is 6.67. The van der Waals surface area contributed by atoms with Gasteiger partial charge in [0, 0.05) is 0 Å². The topological polar surface area (TPSA) is 72.0 Å². The Hall–Kier alpha value is -1.66. The molecule has 1 aliphatic carbocycles. The van der Waals surface area contributed by atoms with E-state index in [1.54, 1.807) is 6.07 Å². The summed E-state index contributed by atoms with van der Waals surface area (Å²) in [5.74, 6) is 0. The summed E-state index contributed by atoms with van der Waals surface area (Å²) in [6.07, 6.45) is 6.52. The lowest BCUT2D eigenvalue weighted by molar-refractivity contribution is 0.600. The monoisotopic (exact) mass is 323 g/mol. The molecule has 1 N–H and O–H groups in total. The van der Waals surface area contributed by atoms with E-state index in [-0.39, 0.29) is 10.2 Å². The lowest BCUT2D eigenvalue weighted by atomic mass is 9.91. The van der Waals surface area contributed by atoms with Crippen molar-refractivity contribution in [2.75, 3.05) is 4.72 Å². The van der Waals surface area contributed by atoms with Gasteiger partial charge in [-0.15, -0.1) is 0 Å². The van der Waals surface area contributed by atoms with Crippen LogP contribution in [0.3, 0.4) is 0 Å². The molecule has 3 rings (SSSR count). The molecule has 0 bridgehead atoms. The van der Waals surface area contributed by atoms with Crippen molar-refractivity contribution < 1.29 is 8.42 Å². The number of fused-ring (bicyclic) bond motifs is 1. The van der Waals surface area contributed by atoms with Crippen LogP contribution in [-0.4, -0.2) is 18.4 Å². The predicted octanol–water partition coefficient (Wildman–Crippen LogP) is 2.81. The second-order valence-electron chi connectivity index (χ2n) is 4.94. The SMILES string of the molecule is O=S(=O)(Nc1cccc2c1CCCC2)c1cnc(Cl)nc1. The fourth-order valence-electron chi connectivity index (χ4n) is 2.52. The van der Waals surface area contributed by atoms with E-state index >= 15 is 0 Å². The number of sulfonamides is 1. The minimum Gasteiger partial charge on any atom is -0.279 e. The van der Waals surface area contributed by atoms with Crippen LogP contribution < -0.4 is 4.72 Å². The molecule has 0 spiro atoms. The van der Waals surface area contributed by atoms with Crippen molar-refractivity contribution in [1.82, 2.24) is 9.97 Å². The second-order valence-corrected chi connectivity index (χ2v) is 6.96. The van der Waals surface area contributed by atoms with Gasteiger partial charge < -0.3 is 0 Å². The highest BCUT2D eigenvalue weighted by Gasteiger charge is 2.19. The standard InChI is InChI=1S/C14H14ClN3O2S/c15-14-16-8-11(9-17-14)21(19,20)18-13-7-3-5-10-4-1-2-6-12(10)13/h3,5,7-9,18H,1-2,4,6H2. The van der Waals surface area contributed by atoms with Gasteiger partial charge in [0.2, 0.25) is 5.28 Å². The Labute approximate surface area is 128 Å². The van der Waals surface area contributed by atoms with Crippen LogP contribution in [0.2, 0.25) is 5.28 Å². The van der Waals surface area contributed by atoms with Crippen LogP contribution in [0.15, 0.2) is 35.5 Å². The van der Waals surface area contributed by atoms with Gasteiger partial charge in [-0.05, 0) is 54.5 Å². The van der Waals surface area contributed by atoms with Gasteiger partial charge in [-0.3, -0.25) is 4.72 Å². The summed E-state index contributed by atoms with van der Waals surface area (Å²) in [5.41, 5.74) is 2.94. The maximum atomic E-state index is 12.4. The Bertz CT molecular complexity index is 760. The third kappa shape index (κ3) is 3.01. The van der Waals surface area contributed by atoms with Gasteiger partial charge >= 0.3 is 0 Å². The Morgan fingerprint density at radius 2 is 1.81 bits per heavy atom. The Kier molecular flexibility index (Phi) is 3.82.